The van der Waals surface area contributed by atoms with Crippen molar-refractivity contribution < 1.29 is 0 Å². The molecule has 0 N–H and O–H groups in total. The summed E-state index contributed by atoms with van der Waals surface area (Å²) in [6.45, 7) is 9.01. The van der Waals surface area contributed by atoms with E-state index >= 15 is 0 Å². The van der Waals surface area contributed by atoms with E-state index < -0.39 is 0 Å². The molecule has 2 aromatic rings. The minimum absolute atomic E-state index is 0.0610. The van der Waals surface area contributed by atoms with Gasteiger partial charge in [-0.2, -0.15) is 0 Å². The first-order valence-electron chi connectivity index (χ1n) is 9.16. The van der Waals surface area contributed by atoms with Crippen molar-refractivity contribution in [3.8, 4) is 0 Å². The molecule has 2 aliphatic carbocycles. The van der Waals surface area contributed by atoms with Gasteiger partial charge in [0, 0.05) is 16.5 Å². The second-order valence-corrected chi connectivity index (χ2v) is 7.86. The molecule has 1 fully saturated rings. The van der Waals surface area contributed by atoms with Crippen molar-refractivity contribution in [1.82, 2.24) is 9.97 Å². The van der Waals surface area contributed by atoms with E-state index in [4.69, 9.17) is 0 Å². The van der Waals surface area contributed by atoms with Gasteiger partial charge in [-0.1, -0.05) is 88.4 Å². The Morgan fingerprint density at radius 1 is 1.00 bits per heavy atom. The third kappa shape index (κ3) is 3.44. The van der Waals surface area contributed by atoms with E-state index in [1.165, 1.54) is 12.1 Å². The predicted molar refractivity (Wildman–Crippen MR) is 104 cm³/mol. The summed E-state index contributed by atoms with van der Waals surface area (Å²) in [6, 6.07) is 14.2. The van der Waals surface area contributed by atoms with Gasteiger partial charge in [0.15, 0.2) is 0 Å². The molecule has 1 saturated carbocycles. The Kier molecular flexibility index (Phi) is 4.89. The number of fused-ring (bicyclic) bond motifs is 1. The molecule has 0 bridgehead atoms. The molecule has 1 aromatic carbocycles. The van der Waals surface area contributed by atoms with Gasteiger partial charge in [0.2, 0.25) is 0 Å². The molecular formula is C23H28N2. The second kappa shape index (κ2) is 6.95. The fourth-order valence-electron chi connectivity index (χ4n) is 3.74. The maximum absolute atomic E-state index is 4.57. The molecule has 0 saturated heterocycles. The summed E-state index contributed by atoms with van der Waals surface area (Å²) in [7, 11) is 0. The average molecular weight is 332 g/mol. The van der Waals surface area contributed by atoms with Crippen LogP contribution in [0.1, 0.15) is 51.4 Å². The third-order valence-electron chi connectivity index (χ3n) is 5.66. The first-order valence-corrected chi connectivity index (χ1v) is 9.16. The Hall–Kier alpha value is -2.22. The van der Waals surface area contributed by atoms with E-state index in [-0.39, 0.29) is 10.8 Å². The molecule has 0 amide bonds. The van der Waals surface area contributed by atoms with Gasteiger partial charge >= 0.3 is 0 Å². The zero-order valence-corrected chi connectivity index (χ0v) is 15.7. The lowest BCUT2D eigenvalue weighted by atomic mass is 9.70. The predicted octanol–water partition coefficient (Wildman–Crippen LogP) is 5.70. The van der Waals surface area contributed by atoms with E-state index in [2.05, 4.69) is 68.0 Å². The van der Waals surface area contributed by atoms with Crippen LogP contribution in [0.15, 0.2) is 73.1 Å². The van der Waals surface area contributed by atoms with Gasteiger partial charge in [0.1, 0.15) is 6.33 Å². The molecule has 1 aromatic heterocycles. The summed E-state index contributed by atoms with van der Waals surface area (Å²) in [4.78, 5) is 8.96. The van der Waals surface area contributed by atoms with Crippen molar-refractivity contribution in [3.05, 3.63) is 84.5 Å². The van der Waals surface area contributed by atoms with Gasteiger partial charge in [-0.25, -0.2) is 9.97 Å². The minimum Gasteiger partial charge on any atom is -0.241 e. The molecule has 4 rings (SSSR count). The first kappa shape index (κ1) is 17.6. The molecule has 1 heterocycles. The van der Waals surface area contributed by atoms with Crippen LogP contribution in [0, 0.1) is 11.3 Å². The van der Waals surface area contributed by atoms with Gasteiger partial charge < -0.3 is 0 Å². The van der Waals surface area contributed by atoms with Crippen molar-refractivity contribution in [2.75, 3.05) is 0 Å². The van der Waals surface area contributed by atoms with Crippen LogP contribution < -0.4 is 0 Å². The van der Waals surface area contributed by atoms with E-state index in [1.807, 2.05) is 36.4 Å². The molecule has 0 radical (unpaired) electrons. The van der Waals surface area contributed by atoms with E-state index in [9.17, 15) is 0 Å². The quantitative estimate of drug-likeness (QED) is 0.721. The maximum Gasteiger partial charge on any atom is 0.115 e. The summed E-state index contributed by atoms with van der Waals surface area (Å²) in [5.41, 5.74) is 2.64. The molecule has 2 aliphatic rings. The topological polar surface area (TPSA) is 25.8 Å². The van der Waals surface area contributed by atoms with Gasteiger partial charge in [-0.15, -0.1) is 0 Å². The van der Waals surface area contributed by atoms with Gasteiger partial charge in [0.25, 0.3) is 0 Å². The van der Waals surface area contributed by atoms with Gasteiger partial charge in [-0.3, -0.25) is 0 Å². The highest BCUT2D eigenvalue weighted by molar-refractivity contribution is 5.38. The number of hydrogen-bond acceptors (Lipinski definition) is 2. The zero-order valence-electron chi connectivity index (χ0n) is 15.7. The van der Waals surface area contributed by atoms with Crippen molar-refractivity contribution in [2.24, 2.45) is 11.3 Å². The summed E-state index contributed by atoms with van der Waals surface area (Å²) in [5, 5.41) is 0. The number of hydrogen-bond donors (Lipinski definition) is 0. The largest absolute Gasteiger partial charge is 0.241 e. The zero-order chi connectivity index (χ0) is 17.9. The number of nitrogens with zero attached hydrogens (tertiary/aromatic N) is 2. The van der Waals surface area contributed by atoms with Crippen LogP contribution in [0.25, 0.3) is 0 Å². The van der Waals surface area contributed by atoms with Crippen LogP contribution in [0.5, 0.6) is 0 Å². The van der Waals surface area contributed by atoms with Gasteiger partial charge in [-0.05, 0) is 24.3 Å². The highest BCUT2D eigenvalue weighted by Crippen LogP contribution is 2.66. The summed E-state index contributed by atoms with van der Waals surface area (Å²) >= 11 is 0. The summed E-state index contributed by atoms with van der Waals surface area (Å²) in [6.07, 6.45) is 12.1. The number of allylic oxidation sites excluding steroid dienone is 4. The number of aromatic nitrogens is 2. The Labute approximate surface area is 151 Å². The number of rotatable bonds is 3. The normalized spacial score (nSPS) is 23.6. The molecule has 2 nitrogen and oxygen atoms in total. The standard InChI is InChI=1S/C17H22N2.C6H6/c1-12(2)14-9-15(19-11-18-14)16(3,4)17-8-6-5-7-13(17)10-17;1-2-4-6-5-3-1/h5-9,11-13H,10H2,1-4H3;1-6H. The van der Waals surface area contributed by atoms with Crippen molar-refractivity contribution in [3.63, 3.8) is 0 Å². The lowest BCUT2D eigenvalue weighted by molar-refractivity contribution is 0.332. The third-order valence-corrected chi connectivity index (χ3v) is 5.66. The Balaban J connectivity index is 0.000000258. The van der Waals surface area contributed by atoms with E-state index in [1.54, 1.807) is 6.33 Å². The Morgan fingerprint density at radius 2 is 1.64 bits per heavy atom. The molecule has 2 unspecified atom stereocenters. The van der Waals surface area contributed by atoms with Crippen LogP contribution in [0.2, 0.25) is 0 Å². The van der Waals surface area contributed by atoms with Crippen LogP contribution in [-0.4, -0.2) is 9.97 Å². The van der Waals surface area contributed by atoms with Crippen LogP contribution in [-0.2, 0) is 5.41 Å². The number of benzene rings is 1. The monoisotopic (exact) mass is 332 g/mol. The van der Waals surface area contributed by atoms with Crippen molar-refractivity contribution >= 4 is 0 Å². The Morgan fingerprint density at radius 3 is 2.20 bits per heavy atom. The molecule has 2 heteroatoms. The fraction of sp³-hybridized carbons (Fsp3) is 0.391. The fourth-order valence-corrected chi connectivity index (χ4v) is 3.74. The van der Waals surface area contributed by atoms with E-state index in [0.29, 0.717) is 11.8 Å². The summed E-state index contributed by atoms with van der Waals surface area (Å²) in [5.74, 6) is 1.14. The lowest BCUT2D eigenvalue weighted by Gasteiger charge is -2.34. The van der Waals surface area contributed by atoms with Crippen LogP contribution >= 0.6 is 0 Å². The molecule has 0 aliphatic heterocycles. The minimum atomic E-state index is 0.0610. The second-order valence-electron chi connectivity index (χ2n) is 7.86. The highest BCUT2D eigenvalue weighted by atomic mass is 14.9. The smallest absolute Gasteiger partial charge is 0.115 e. The molecule has 0 spiro atoms. The highest BCUT2D eigenvalue weighted by Gasteiger charge is 2.61. The van der Waals surface area contributed by atoms with E-state index in [0.717, 1.165) is 5.69 Å². The van der Waals surface area contributed by atoms with Crippen LogP contribution in [0.3, 0.4) is 0 Å². The van der Waals surface area contributed by atoms with Crippen LogP contribution in [0.4, 0.5) is 0 Å². The summed E-state index contributed by atoms with van der Waals surface area (Å²) < 4.78 is 0. The maximum atomic E-state index is 4.57. The average Bonchev–Trinajstić information content (AvgIpc) is 3.40. The van der Waals surface area contributed by atoms with Crippen molar-refractivity contribution in [1.29, 1.82) is 0 Å². The molecule has 2 atom stereocenters. The molecular weight excluding hydrogens is 304 g/mol. The SMILES string of the molecule is CC(C)c1cc(C(C)(C)C23C=CC=CC2C3)ncn1.c1ccccc1. The molecule has 25 heavy (non-hydrogen) atoms. The Bertz CT molecular complexity index is 732. The lowest BCUT2D eigenvalue weighted by Crippen LogP contribution is -2.32. The van der Waals surface area contributed by atoms with Crippen molar-refractivity contribution in [2.45, 2.75) is 45.4 Å². The first-order chi connectivity index (χ1) is 12.0. The molecule has 130 valence electrons. The van der Waals surface area contributed by atoms with Gasteiger partial charge in [0.05, 0.1) is 5.69 Å².